The molecule has 0 unspecified atom stereocenters. The molecule has 0 radical (unpaired) electrons. The van der Waals surface area contributed by atoms with Crippen molar-refractivity contribution in [3.05, 3.63) is 59.4 Å². The zero-order valence-electron chi connectivity index (χ0n) is 14.6. The van der Waals surface area contributed by atoms with Crippen LogP contribution in [0.2, 0.25) is 0 Å². The highest BCUT2D eigenvalue weighted by molar-refractivity contribution is 14.0. The van der Waals surface area contributed by atoms with Gasteiger partial charge in [0.1, 0.15) is 11.6 Å². The van der Waals surface area contributed by atoms with E-state index in [0.717, 1.165) is 17.0 Å². The first-order valence-electron chi connectivity index (χ1n) is 7.61. The summed E-state index contributed by atoms with van der Waals surface area (Å²) >= 11 is 0. The fourth-order valence-corrected chi connectivity index (χ4v) is 2.20. The molecule has 136 valence electrons. The standard InChI is InChI=1S/C18H23FN4O.HI/c1-23(2)12-14-5-4-13(10-17(14)19)11-21-18(20)22-15-6-8-16(24-3)9-7-15;/h4-10H,11-12H2,1-3H3,(H3,20,21,22);1H. The van der Waals surface area contributed by atoms with Crippen LogP contribution in [0.1, 0.15) is 11.1 Å². The van der Waals surface area contributed by atoms with Gasteiger partial charge in [0.2, 0.25) is 0 Å². The van der Waals surface area contributed by atoms with Crippen molar-refractivity contribution in [3.8, 4) is 5.75 Å². The summed E-state index contributed by atoms with van der Waals surface area (Å²) in [7, 11) is 5.42. The Balaban J connectivity index is 0.00000312. The monoisotopic (exact) mass is 458 g/mol. The molecule has 0 aliphatic rings. The lowest BCUT2D eigenvalue weighted by Crippen LogP contribution is -2.22. The lowest BCUT2D eigenvalue weighted by molar-refractivity contribution is 0.392. The third-order valence-corrected chi connectivity index (χ3v) is 3.40. The maximum absolute atomic E-state index is 14.0. The number of aliphatic imine (C=N–C) groups is 1. The van der Waals surface area contributed by atoms with Crippen LogP contribution in [0.5, 0.6) is 5.75 Å². The molecule has 25 heavy (non-hydrogen) atoms. The van der Waals surface area contributed by atoms with Gasteiger partial charge < -0.3 is 20.7 Å². The fourth-order valence-electron chi connectivity index (χ4n) is 2.20. The number of guanidine groups is 1. The molecular formula is C18H24FIN4O. The van der Waals surface area contributed by atoms with E-state index in [1.165, 1.54) is 6.07 Å². The van der Waals surface area contributed by atoms with Gasteiger partial charge in [0, 0.05) is 17.8 Å². The third kappa shape index (κ3) is 6.87. The molecule has 2 aromatic rings. The van der Waals surface area contributed by atoms with E-state index in [0.29, 0.717) is 18.7 Å². The van der Waals surface area contributed by atoms with E-state index in [4.69, 9.17) is 10.5 Å². The molecule has 2 rings (SSSR count). The number of nitrogens with one attached hydrogen (secondary N) is 1. The summed E-state index contributed by atoms with van der Waals surface area (Å²) in [5.41, 5.74) is 8.11. The number of nitrogens with two attached hydrogens (primary N) is 1. The van der Waals surface area contributed by atoms with E-state index in [-0.39, 0.29) is 35.8 Å². The first-order valence-corrected chi connectivity index (χ1v) is 7.61. The van der Waals surface area contributed by atoms with Gasteiger partial charge in [-0.15, -0.1) is 24.0 Å². The maximum atomic E-state index is 14.0. The van der Waals surface area contributed by atoms with Gasteiger partial charge in [-0.1, -0.05) is 12.1 Å². The quantitative estimate of drug-likeness (QED) is 0.396. The average molecular weight is 458 g/mol. The van der Waals surface area contributed by atoms with Crippen molar-refractivity contribution in [3.63, 3.8) is 0 Å². The van der Waals surface area contributed by atoms with Gasteiger partial charge >= 0.3 is 0 Å². The Morgan fingerprint density at radius 1 is 1.20 bits per heavy atom. The van der Waals surface area contributed by atoms with Crippen molar-refractivity contribution in [1.29, 1.82) is 0 Å². The van der Waals surface area contributed by atoms with E-state index in [2.05, 4.69) is 10.3 Å². The molecular weight excluding hydrogens is 434 g/mol. The smallest absolute Gasteiger partial charge is 0.193 e. The zero-order valence-corrected chi connectivity index (χ0v) is 17.0. The number of anilines is 1. The van der Waals surface area contributed by atoms with Crippen LogP contribution in [0.15, 0.2) is 47.5 Å². The Labute approximate surface area is 165 Å². The van der Waals surface area contributed by atoms with Gasteiger partial charge in [-0.2, -0.15) is 0 Å². The number of hydrogen-bond acceptors (Lipinski definition) is 3. The van der Waals surface area contributed by atoms with E-state index >= 15 is 0 Å². The summed E-state index contributed by atoms with van der Waals surface area (Å²) in [5, 5.41) is 2.99. The van der Waals surface area contributed by atoms with Crippen LogP contribution in [-0.2, 0) is 13.1 Å². The average Bonchev–Trinajstić information content (AvgIpc) is 2.55. The molecule has 0 fully saturated rings. The van der Waals surface area contributed by atoms with Gasteiger partial charge in [0.25, 0.3) is 0 Å². The van der Waals surface area contributed by atoms with Crippen LogP contribution in [0.3, 0.4) is 0 Å². The second-order valence-corrected chi connectivity index (χ2v) is 5.72. The molecule has 0 amide bonds. The van der Waals surface area contributed by atoms with E-state index in [1.54, 1.807) is 13.2 Å². The molecule has 2 aromatic carbocycles. The number of hydrogen-bond donors (Lipinski definition) is 2. The number of ether oxygens (including phenoxy) is 1. The van der Waals surface area contributed by atoms with Crippen LogP contribution in [0.25, 0.3) is 0 Å². The highest BCUT2D eigenvalue weighted by atomic mass is 127. The Morgan fingerprint density at radius 3 is 2.44 bits per heavy atom. The Morgan fingerprint density at radius 2 is 1.88 bits per heavy atom. The summed E-state index contributed by atoms with van der Waals surface area (Å²) in [5.74, 6) is 0.820. The molecule has 3 N–H and O–H groups in total. The highest BCUT2D eigenvalue weighted by Crippen LogP contribution is 2.15. The molecule has 0 spiro atoms. The predicted octanol–water partition coefficient (Wildman–Crippen LogP) is 3.44. The van der Waals surface area contributed by atoms with Crippen molar-refractivity contribution in [2.24, 2.45) is 10.7 Å². The summed E-state index contributed by atoms with van der Waals surface area (Å²) in [6.45, 7) is 0.880. The lowest BCUT2D eigenvalue weighted by atomic mass is 10.1. The van der Waals surface area contributed by atoms with Crippen molar-refractivity contribution in [2.75, 3.05) is 26.5 Å². The van der Waals surface area contributed by atoms with E-state index in [9.17, 15) is 4.39 Å². The van der Waals surface area contributed by atoms with Gasteiger partial charge in [-0.25, -0.2) is 9.38 Å². The largest absolute Gasteiger partial charge is 0.497 e. The van der Waals surface area contributed by atoms with Crippen LogP contribution in [0, 0.1) is 5.82 Å². The van der Waals surface area contributed by atoms with Crippen LogP contribution >= 0.6 is 24.0 Å². The third-order valence-electron chi connectivity index (χ3n) is 3.40. The molecule has 0 aliphatic carbocycles. The maximum Gasteiger partial charge on any atom is 0.193 e. The SMILES string of the molecule is COc1ccc(NC(N)=NCc2ccc(CN(C)C)c(F)c2)cc1.I. The molecule has 0 saturated carbocycles. The first kappa shape index (κ1) is 21.2. The molecule has 0 heterocycles. The van der Waals surface area contributed by atoms with Crippen molar-refractivity contribution in [2.45, 2.75) is 13.1 Å². The minimum absolute atomic E-state index is 0. The Bertz CT molecular complexity index is 705. The summed E-state index contributed by atoms with van der Waals surface area (Å²) < 4.78 is 19.1. The lowest BCUT2D eigenvalue weighted by Gasteiger charge is -2.11. The number of methoxy groups -OCH3 is 1. The number of nitrogens with zero attached hydrogens (tertiary/aromatic N) is 2. The molecule has 0 aromatic heterocycles. The second-order valence-electron chi connectivity index (χ2n) is 5.72. The summed E-state index contributed by atoms with van der Waals surface area (Å²) in [6, 6.07) is 12.5. The van der Waals surface area contributed by atoms with Gasteiger partial charge in [-0.05, 0) is 50.0 Å². The molecule has 0 saturated heterocycles. The normalized spacial score (nSPS) is 11.2. The van der Waals surface area contributed by atoms with Crippen LogP contribution < -0.4 is 15.8 Å². The zero-order chi connectivity index (χ0) is 17.5. The Hall–Kier alpha value is -1.87. The minimum atomic E-state index is -0.224. The van der Waals surface area contributed by atoms with Crippen LogP contribution in [-0.4, -0.2) is 32.1 Å². The summed E-state index contributed by atoms with van der Waals surface area (Å²) in [4.78, 5) is 6.16. The van der Waals surface area contributed by atoms with Gasteiger partial charge in [0.05, 0.1) is 13.7 Å². The van der Waals surface area contributed by atoms with Crippen LogP contribution in [0.4, 0.5) is 10.1 Å². The number of halogens is 2. The topological polar surface area (TPSA) is 62.9 Å². The molecule has 0 bridgehead atoms. The van der Waals surface area contributed by atoms with Crippen molar-refractivity contribution < 1.29 is 9.13 Å². The first-order chi connectivity index (χ1) is 11.5. The summed E-state index contributed by atoms with van der Waals surface area (Å²) in [6.07, 6.45) is 0. The van der Waals surface area contributed by atoms with E-state index < -0.39 is 0 Å². The van der Waals surface area contributed by atoms with E-state index in [1.807, 2.05) is 49.3 Å². The van der Waals surface area contributed by atoms with Crippen molar-refractivity contribution in [1.82, 2.24) is 4.90 Å². The predicted molar refractivity (Wildman–Crippen MR) is 111 cm³/mol. The minimum Gasteiger partial charge on any atom is -0.497 e. The number of benzene rings is 2. The van der Waals surface area contributed by atoms with Gasteiger partial charge in [0.15, 0.2) is 5.96 Å². The fraction of sp³-hybridized carbons (Fsp3) is 0.278. The molecule has 5 nitrogen and oxygen atoms in total. The molecule has 0 atom stereocenters. The van der Waals surface area contributed by atoms with Gasteiger partial charge in [-0.3, -0.25) is 0 Å². The molecule has 7 heteroatoms. The van der Waals surface area contributed by atoms with Crippen molar-refractivity contribution >= 4 is 35.6 Å². The highest BCUT2D eigenvalue weighted by Gasteiger charge is 2.05. The second kappa shape index (κ2) is 10.2. The molecule has 0 aliphatic heterocycles. The Kier molecular flexibility index (Phi) is 8.64. The number of rotatable bonds is 6.